The minimum absolute atomic E-state index is 0.834. The van der Waals surface area contributed by atoms with E-state index in [2.05, 4.69) is 0 Å². The summed E-state index contributed by atoms with van der Waals surface area (Å²) in [6, 6.07) is 0. The Morgan fingerprint density at radius 3 is 1.25 bits per heavy atom. The highest BCUT2D eigenvalue weighted by Crippen LogP contribution is 2.54. The Morgan fingerprint density at radius 2 is 1.06 bits per heavy atom. The molecule has 0 fully saturated rings. The highest BCUT2D eigenvalue weighted by molar-refractivity contribution is 14.1. The molecule has 0 aromatic heterocycles. The van der Waals surface area contributed by atoms with Gasteiger partial charge in [-0.15, -0.1) is 0 Å². The van der Waals surface area contributed by atoms with E-state index in [1.807, 2.05) is 0 Å². The molecule has 0 radical (unpaired) electrons. The van der Waals surface area contributed by atoms with Crippen LogP contribution >= 0.6 is 22.6 Å². The summed E-state index contributed by atoms with van der Waals surface area (Å²) in [5.74, 6) is -6.47. The van der Waals surface area contributed by atoms with Crippen LogP contribution in [-0.4, -0.2) is 28.4 Å². The molecular weight excluding hydrogens is 370 g/mol. The zero-order valence-electron chi connectivity index (χ0n) is 7.19. The van der Waals surface area contributed by atoms with Crippen molar-refractivity contribution in [1.29, 1.82) is 0 Å². The Labute approximate surface area is 97.3 Å². The number of rotatable bonds is 3. The molecule has 10 heteroatoms. The molecule has 0 aliphatic rings. The standard InChI is InChI=1S/C6H4F9I/c7-3(1-2-16,5(10,11)12)4(8,9)6(13,14)15/h1-2H2. The van der Waals surface area contributed by atoms with Gasteiger partial charge in [-0.05, 0) is 0 Å². The summed E-state index contributed by atoms with van der Waals surface area (Å²) in [5, 5.41) is 0. The second-order valence-corrected chi connectivity index (χ2v) is 3.89. The third-order valence-electron chi connectivity index (χ3n) is 1.74. The van der Waals surface area contributed by atoms with Crippen molar-refractivity contribution in [2.75, 3.05) is 4.43 Å². The van der Waals surface area contributed by atoms with Gasteiger partial charge in [-0.1, -0.05) is 22.6 Å². The van der Waals surface area contributed by atoms with Crippen LogP contribution in [0.25, 0.3) is 0 Å². The predicted molar refractivity (Wildman–Crippen MR) is 44.4 cm³/mol. The molecule has 0 heterocycles. The third-order valence-corrected chi connectivity index (χ3v) is 2.28. The number of hydrogen-bond donors (Lipinski definition) is 0. The average Bonchev–Trinajstić information content (AvgIpc) is 1.99. The van der Waals surface area contributed by atoms with Crippen LogP contribution in [0.5, 0.6) is 0 Å². The maximum Gasteiger partial charge on any atom is 0.457 e. The van der Waals surface area contributed by atoms with E-state index >= 15 is 0 Å². The van der Waals surface area contributed by atoms with Crippen LogP contribution in [0.2, 0.25) is 0 Å². The molecular formula is C6H4F9I. The first-order valence-corrected chi connectivity index (χ1v) is 5.10. The van der Waals surface area contributed by atoms with E-state index in [0.29, 0.717) is 0 Å². The van der Waals surface area contributed by atoms with E-state index in [4.69, 9.17) is 0 Å². The molecule has 0 bridgehead atoms. The SMILES string of the molecule is FC(F)(F)C(F)(F)C(F)(CCI)C(F)(F)F. The normalized spacial score (nSPS) is 18.4. The van der Waals surface area contributed by atoms with Gasteiger partial charge >= 0.3 is 18.3 Å². The molecule has 0 saturated heterocycles. The first-order valence-electron chi connectivity index (χ1n) is 3.57. The topological polar surface area (TPSA) is 0 Å². The number of halogens is 10. The second kappa shape index (κ2) is 4.41. The molecule has 0 N–H and O–H groups in total. The predicted octanol–water partition coefficient (Wildman–Crippen LogP) is 4.28. The molecule has 0 nitrogen and oxygen atoms in total. The lowest BCUT2D eigenvalue weighted by molar-refractivity contribution is -0.383. The summed E-state index contributed by atoms with van der Waals surface area (Å²) in [7, 11) is 0. The van der Waals surface area contributed by atoms with Crippen molar-refractivity contribution in [3.63, 3.8) is 0 Å². The van der Waals surface area contributed by atoms with Crippen LogP contribution in [0.3, 0.4) is 0 Å². The number of alkyl halides is 10. The third kappa shape index (κ3) is 2.50. The minimum atomic E-state index is -6.59. The minimum Gasteiger partial charge on any atom is -0.227 e. The Morgan fingerprint density at radius 1 is 0.688 bits per heavy atom. The lowest BCUT2D eigenvalue weighted by Gasteiger charge is -2.35. The molecule has 1 atom stereocenters. The van der Waals surface area contributed by atoms with Crippen LogP contribution in [0.4, 0.5) is 39.5 Å². The van der Waals surface area contributed by atoms with Crippen molar-refractivity contribution in [2.45, 2.75) is 30.4 Å². The molecule has 98 valence electrons. The van der Waals surface area contributed by atoms with Crippen LogP contribution < -0.4 is 0 Å². The van der Waals surface area contributed by atoms with Crippen LogP contribution in [0, 0.1) is 0 Å². The molecule has 0 amide bonds. The maximum absolute atomic E-state index is 13.0. The van der Waals surface area contributed by atoms with Crippen LogP contribution in [0.15, 0.2) is 0 Å². The Bertz CT molecular complexity index is 241. The lowest BCUT2D eigenvalue weighted by atomic mass is 9.93. The monoisotopic (exact) mass is 374 g/mol. The van der Waals surface area contributed by atoms with E-state index in [1.165, 1.54) is 0 Å². The van der Waals surface area contributed by atoms with E-state index in [0.717, 1.165) is 22.6 Å². The Hall–Kier alpha value is 0.1000. The molecule has 0 aromatic rings. The average molecular weight is 374 g/mol. The van der Waals surface area contributed by atoms with E-state index in [-0.39, 0.29) is 0 Å². The molecule has 0 rings (SSSR count). The van der Waals surface area contributed by atoms with Gasteiger partial charge in [-0.2, -0.15) is 35.1 Å². The van der Waals surface area contributed by atoms with Gasteiger partial charge in [-0.3, -0.25) is 0 Å². The van der Waals surface area contributed by atoms with Crippen molar-refractivity contribution >= 4 is 22.6 Å². The maximum atomic E-state index is 13.0. The van der Waals surface area contributed by atoms with Crippen molar-refractivity contribution in [2.24, 2.45) is 0 Å². The van der Waals surface area contributed by atoms with Gasteiger partial charge in [0.05, 0.1) is 0 Å². The van der Waals surface area contributed by atoms with Crippen LogP contribution in [0.1, 0.15) is 6.42 Å². The van der Waals surface area contributed by atoms with Crippen LogP contribution in [-0.2, 0) is 0 Å². The van der Waals surface area contributed by atoms with Gasteiger partial charge < -0.3 is 0 Å². The Balaban J connectivity index is 5.54. The van der Waals surface area contributed by atoms with Gasteiger partial charge in [-0.25, -0.2) is 4.39 Å². The van der Waals surface area contributed by atoms with Gasteiger partial charge in [0.25, 0.3) is 5.67 Å². The molecule has 0 spiro atoms. The summed E-state index contributed by atoms with van der Waals surface area (Å²) < 4.78 is 108. The fourth-order valence-electron chi connectivity index (χ4n) is 0.832. The zero-order valence-corrected chi connectivity index (χ0v) is 9.35. The van der Waals surface area contributed by atoms with Gasteiger partial charge in [0.2, 0.25) is 0 Å². The molecule has 0 aromatic carbocycles. The zero-order chi connectivity index (χ0) is 13.4. The second-order valence-electron chi connectivity index (χ2n) is 2.81. The largest absolute Gasteiger partial charge is 0.457 e. The van der Waals surface area contributed by atoms with Crippen molar-refractivity contribution in [3.8, 4) is 0 Å². The van der Waals surface area contributed by atoms with Crippen molar-refractivity contribution in [1.82, 2.24) is 0 Å². The van der Waals surface area contributed by atoms with Gasteiger partial charge in [0.1, 0.15) is 0 Å². The fourth-order valence-corrected chi connectivity index (χ4v) is 1.57. The molecule has 1 unspecified atom stereocenters. The first-order chi connectivity index (χ1) is 6.81. The quantitative estimate of drug-likeness (QED) is 0.393. The Kier molecular flexibility index (Phi) is 4.43. The fraction of sp³-hybridized carbons (Fsp3) is 1.00. The first kappa shape index (κ1) is 16.1. The highest BCUT2D eigenvalue weighted by atomic mass is 127. The van der Waals surface area contributed by atoms with E-state index < -0.39 is 34.8 Å². The molecule has 0 aliphatic carbocycles. The van der Waals surface area contributed by atoms with Crippen molar-refractivity contribution < 1.29 is 39.5 Å². The van der Waals surface area contributed by atoms with E-state index in [9.17, 15) is 39.5 Å². The van der Waals surface area contributed by atoms with Gasteiger partial charge in [0, 0.05) is 10.8 Å². The lowest BCUT2D eigenvalue weighted by Crippen LogP contribution is -2.62. The summed E-state index contributed by atoms with van der Waals surface area (Å²) >= 11 is 1.08. The molecule has 16 heavy (non-hydrogen) atoms. The smallest absolute Gasteiger partial charge is 0.227 e. The molecule has 0 saturated carbocycles. The summed E-state index contributed by atoms with van der Waals surface area (Å²) in [4.78, 5) is 0. The van der Waals surface area contributed by atoms with Gasteiger partial charge in [0.15, 0.2) is 0 Å². The summed E-state index contributed by atoms with van der Waals surface area (Å²) in [6.45, 7) is 0. The van der Waals surface area contributed by atoms with Crippen molar-refractivity contribution in [3.05, 3.63) is 0 Å². The van der Waals surface area contributed by atoms with E-state index in [1.54, 1.807) is 0 Å². The highest BCUT2D eigenvalue weighted by Gasteiger charge is 2.80. The number of hydrogen-bond acceptors (Lipinski definition) is 0. The summed E-state index contributed by atoms with van der Waals surface area (Å²) in [5.41, 5.74) is -5.60. The molecule has 0 aliphatic heterocycles. The summed E-state index contributed by atoms with van der Waals surface area (Å²) in [6.07, 6.45) is -14.9.